The van der Waals surface area contributed by atoms with Crippen LogP contribution in [-0.2, 0) is 4.79 Å². The Bertz CT molecular complexity index is 794. The Hall–Kier alpha value is -3.26. The second-order valence-electron chi connectivity index (χ2n) is 6.13. The molecule has 2 aromatic carbocycles. The van der Waals surface area contributed by atoms with Crippen LogP contribution >= 0.6 is 0 Å². The first-order valence-electron chi connectivity index (χ1n) is 8.63. The minimum atomic E-state index is 0.0205. The molecule has 1 saturated heterocycles. The van der Waals surface area contributed by atoms with Crippen LogP contribution in [0.2, 0.25) is 0 Å². The summed E-state index contributed by atoms with van der Waals surface area (Å²) in [6, 6.07) is 19.6. The van der Waals surface area contributed by atoms with Crippen molar-refractivity contribution in [2.75, 3.05) is 25.0 Å². The molecular weight excluding hydrogens is 326 g/mol. The maximum atomic E-state index is 12.4. The Balaban J connectivity index is 1.50. The van der Waals surface area contributed by atoms with Gasteiger partial charge in [0, 0.05) is 30.9 Å². The van der Waals surface area contributed by atoms with Crippen LogP contribution in [0.15, 0.2) is 60.7 Å². The predicted molar refractivity (Wildman–Crippen MR) is 102 cm³/mol. The van der Waals surface area contributed by atoms with E-state index >= 15 is 0 Å². The molecule has 26 heavy (non-hydrogen) atoms. The fourth-order valence-electron chi connectivity index (χ4n) is 2.91. The highest BCUT2D eigenvalue weighted by molar-refractivity contribution is 5.92. The lowest BCUT2D eigenvalue weighted by molar-refractivity contribution is -0.124. The maximum absolute atomic E-state index is 12.4. The predicted octanol–water partition coefficient (Wildman–Crippen LogP) is 3.32. The zero-order valence-corrected chi connectivity index (χ0v) is 14.5. The summed E-state index contributed by atoms with van der Waals surface area (Å²) < 4.78 is 5.21. The van der Waals surface area contributed by atoms with Gasteiger partial charge < -0.3 is 15.0 Å². The van der Waals surface area contributed by atoms with Crippen molar-refractivity contribution in [3.63, 3.8) is 0 Å². The molecule has 0 saturated carbocycles. The molecule has 1 aliphatic rings. The minimum Gasteiger partial charge on any atom is -0.479 e. The van der Waals surface area contributed by atoms with Gasteiger partial charge in [-0.2, -0.15) is 5.26 Å². The fourth-order valence-corrected chi connectivity index (χ4v) is 2.91. The zero-order chi connectivity index (χ0) is 18.2. The number of benzene rings is 2. The van der Waals surface area contributed by atoms with Gasteiger partial charge in [0.05, 0.1) is 0 Å². The smallest absolute Gasteiger partial charge is 0.246 e. The van der Waals surface area contributed by atoms with E-state index in [1.807, 2.05) is 53.4 Å². The number of rotatable bonds is 6. The number of hydrogen-bond donors (Lipinski definition) is 1. The number of ether oxygens (including phenoxy) is 1. The molecule has 3 rings (SSSR count). The molecule has 1 N–H and O–H groups in total. The molecular formula is C21H21N3O2. The molecule has 0 aliphatic carbocycles. The number of nitriles is 1. The maximum Gasteiger partial charge on any atom is 0.246 e. The van der Waals surface area contributed by atoms with E-state index in [2.05, 4.69) is 5.32 Å². The number of nitrogens with zero attached hydrogens (tertiary/aromatic N) is 2. The number of para-hydroxylation sites is 1. The van der Waals surface area contributed by atoms with Gasteiger partial charge in [-0.05, 0) is 42.3 Å². The van der Waals surface area contributed by atoms with Gasteiger partial charge in [-0.1, -0.05) is 30.3 Å². The molecule has 0 spiro atoms. The molecule has 1 aliphatic heterocycles. The van der Waals surface area contributed by atoms with Gasteiger partial charge >= 0.3 is 0 Å². The lowest BCUT2D eigenvalue weighted by atomic mass is 10.2. The second kappa shape index (κ2) is 8.72. The van der Waals surface area contributed by atoms with Crippen LogP contribution in [0.5, 0.6) is 5.75 Å². The number of hydrogen-bond acceptors (Lipinski definition) is 4. The van der Waals surface area contributed by atoms with Gasteiger partial charge in [0.25, 0.3) is 0 Å². The largest absolute Gasteiger partial charge is 0.479 e. The van der Waals surface area contributed by atoms with E-state index in [4.69, 9.17) is 10.00 Å². The molecule has 1 amide bonds. The Labute approximate surface area is 153 Å². The summed E-state index contributed by atoms with van der Waals surface area (Å²) in [5, 5.41) is 12.0. The molecule has 0 aromatic heterocycles. The number of anilines is 1. The third kappa shape index (κ3) is 4.87. The van der Waals surface area contributed by atoms with Crippen LogP contribution in [0, 0.1) is 11.3 Å². The number of amides is 1. The molecule has 0 bridgehead atoms. The van der Waals surface area contributed by atoms with Gasteiger partial charge in [-0.3, -0.25) is 4.79 Å². The molecule has 1 atom stereocenters. The highest BCUT2D eigenvalue weighted by Crippen LogP contribution is 2.17. The summed E-state index contributed by atoms with van der Waals surface area (Å²) >= 11 is 0. The fraction of sp³-hybridized carbons (Fsp3) is 0.238. The molecule has 5 heteroatoms. The van der Waals surface area contributed by atoms with Crippen LogP contribution in [0.1, 0.15) is 12.0 Å². The Morgan fingerprint density at radius 2 is 2.00 bits per heavy atom. The number of carbonyl (C=O) groups excluding carboxylic acids is 1. The molecule has 2 aromatic rings. The lowest BCUT2D eigenvalue weighted by Gasteiger charge is -2.16. The molecule has 5 nitrogen and oxygen atoms in total. The van der Waals surface area contributed by atoms with E-state index in [-0.39, 0.29) is 18.6 Å². The van der Waals surface area contributed by atoms with Crippen LogP contribution < -0.4 is 10.1 Å². The van der Waals surface area contributed by atoms with Crippen LogP contribution in [0.25, 0.3) is 6.08 Å². The monoisotopic (exact) mass is 347 g/mol. The van der Waals surface area contributed by atoms with Crippen molar-refractivity contribution in [1.82, 2.24) is 4.90 Å². The lowest BCUT2D eigenvalue weighted by Crippen LogP contribution is -2.30. The van der Waals surface area contributed by atoms with E-state index in [9.17, 15) is 4.79 Å². The topological polar surface area (TPSA) is 65.4 Å². The van der Waals surface area contributed by atoms with Crippen molar-refractivity contribution < 1.29 is 9.53 Å². The molecule has 132 valence electrons. The highest BCUT2D eigenvalue weighted by atomic mass is 16.5. The van der Waals surface area contributed by atoms with Crippen molar-refractivity contribution in [3.05, 3.63) is 66.2 Å². The van der Waals surface area contributed by atoms with Crippen molar-refractivity contribution in [1.29, 1.82) is 5.26 Å². The highest BCUT2D eigenvalue weighted by Gasteiger charge is 2.24. The van der Waals surface area contributed by atoms with Crippen molar-refractivity contribution >= 4 is 17.7 Å². The van der Waals surface area contributed by atoms with Gasteiger partial charge in [0.15, 0.2) is 6.61 Å². The van der Waals surface area contributed by atoms with E-state index in [1.165, 1.54) is 0 Å². The summed E-state index contributed by atoms with van der Waals surface area (Å²) in [7, 11) is 0. The normalized spacial score (nSPS) is 16.4. The van der Waals surface area contributed by atoms with Gasteiger partial charge in [0.1, 0.15) is 11.8 Å². The zero-order valence-electron chi connectivity index (χ0n) is 14.5. The van der Waals surface area contributed by atoms with E-state index in [0.29, 0.717) is 12.3 Å². The number of nitrogens with one attached hydrogen (secondary N) is 1. The molecule has 0 radical (unpaired) electrons. The van der Waals surface area contributed by atoms with E-state index < -0.39 is 0 Å². The second-order valence-corrected chi connectivity index (χ2v) is 6.13. The Kier molecular flexibility index (Phi) is 5.89. The van der Waals surface area contributed by atoms with E-state index in [0.717, 1.165) is 24.2 Å². The summed E-state index contributed by atoms with van der Waals surface area (Å²) in [6.07, 6.45) is 4.35. The van der Waals surface area contributed by atoms with Gasteiger partial charge in [-0.15, -0.1) is 0 Å². The quantitative estimate of drug-likeness (QED) is 0.814. The number of carbonyl (C=O) groups is 1. The van der Waals surface area contributed by atoms with Gasteiger partial charge in [0.2, 0.25) is 5.91 Å². The first-order valence-corrected chi connectivity index (χ1v) is 8.63. The first kappa shape index (κ1) is 17.6. The van der Waals surface area contributed by atoms with Crippen molar-refractivity contribution in [3.8, 4) is 11.8 Å². The average Bonchev–Trinajstić information content (AvgIpc) is 3.14. The SMILES string of the molecule is N#CCOc1ccc(/C=C/C(=O)N2CC[C@@H](Nc3ccccc3)C2)cc1. The average molecular weight is 347 g/mol. The summed E-state index contributed by atoms with van der Waals surface area (Å²) in [5.74, 6) is 0.663. The molecule has 1 heterocycles. The summed E-state index contributed by atoms with van der Waals surface area (Å²) in [5.41, 5.74) is 2.00. The first-order chi connectivity index (χ1) is 12.7. The standard InChI is InChI=1S/C21H21N3O2/c22-13-15-26-20-9-6-17(7-10-20)8-11-21(25)24-14-12-19(16-24)23-18-4-2-1-3-5-18/h1-11,19,23H,12,14-16H2/b11-8+/t19-/m1/s1. The van der Waals surface area contributed by atoms with Crippen molar-refractivity contribution in [2.24, 2.45) is 0 Å². The van der Waals surface area contributed by atoms with Crippen LogP contribution in [-0.4, -0.2) is 36.5 Å². The number of likely N-dealkylation sites (tertiary alicyclic amines) is 1. The third-order valence-corrected chi connectivity index (χ3v) is 4.25. The third-order valence-electron chi connectivity index (χ3n) is 4.25. The Morgan fingerprint density at radius 1 is 1.23 bits per heavy atom. The molecule has 0 unspecified atom stereocenters. The van der Waals surface area contributed by atoms with Crippen molar-refractivity contribution in [2.45, 2.75) is 12.5 Å². The summed E-state index contributed by atoms with van der Waals surface area (Å²) in [4.78, 5) is 14.2. The van der Waals surface area contributed by atoms with Crippen LogP contribution in [0.4, 0.5) is 5.69 Å². The van der Waals surface area contributed by atoms with Crippen LogP contribution in [0.3, 0.4) is 0 Å². The minimum absolute atomic E-state index is 0.0205. The molecule has 1 fully saturated rings. The Morgan fingerprint density at radius 3 is 2.73 bits per heavy atom. The summed E-state index contributed by atoms with van der Waals surface area (Å²) in [6.45, 7) is 1.49. The van der Waals surface area contributed by atoms with E-state index in [1.54, 1.807) is 24.3 Å². The van der Waals surface area contributed by atoms with Gasteiger partial charge in [-0.25, -0.2) is 0 Å².